The summed E-state index contributed by atoms with van der Waals surface area (Å²) in [5.74, 6) is -0.622. The summed E-state index contributed by atoms with van der Waals surface area (Å²) >= 11 is 0. The van der Waals surface area contributed by atoms with Crippen LogP contribution in [0.15, 0.2) is 0 Å². The van der Waals surface area contributed by atoms with E-state index in [1.165, 1.54) is 0 Å². The van der Waals surface area contributed by atoms with Crippen LogP contribution in [0.4, 0.5) is 0 Å². The number of carbonyl (C=O) groups is 1. The summed E-state index contributed by atoms with van der Waals surface area (Å²) in [5.41, 5.74) is 0. The van der Waals surface area contributed by atoms with Gasteiger partial charge in [-0.05, 0) is 6.42 Å². The van der Waals surface area contributed by atoms with Crippen molar-refractivity contribution in [3.05, 3.63) is 0 Å². The van der Waals surface area contributed by atoms with Crippen LogP contribution in [0.3, 0.4) is 0 Å². The molecule has 1 rings (SSSR count). The van der Waals surface area contributed by atoms with Gasteiger partial charge in [-0.25, -0.2) is 0 Å². The molecule has 1 saturated heterocycles. The Hall–Kier alpha value is -0.580. The molecule has 1 unspecified atom stereocenters. The molecule has 0 amide bonds. The minimum atomic E-state index is -3.55. The van der Waals surface area contributed by atoms with Gasteiger partial charge in [0.15, 0.2) is 0 Å². The highest BCUT2D eigenvalue weighted by Crippen LogP contribution is 2.22. The molecule has 0 N–H and O–H groups in total. The topological polar surface area (TPSA) is 60.4 Å². The molecule has 0 aromatic rings. The summed E-state index contributed by atoms with van der Waals surface area (Å²) in [6, 6.07) is 0. The predicted molar refractivity (Wildman–Crippen MR) is 38.3 cm³/mol. The fraction of sp³-hybridized carbons (Fsp3) is 0.833. The maximum atomic E-state index is 10.9. The highest BCUT2D eigenvalue weighted by atomic mass is 32.2. The lowest BCUT2D eigenvalue weighted by Gasteiger charge is -2.01. The van der Waals surface area contributed by atoms with Crippen molar-refractivity contribution in [3.8, 4) is 0 Å². The quantitative estimate of drug-likeness (QED) is 0.575. The molecule has 1 aliphatic heterocycles. The zero-order valence-corrected chi connectivity index (χ0v) is 7.06. The van der Waals surface area contributed by atoms with Gasteiger partial charge in [-0.15, -0.1) is 0 Å². The van der Waals surface area contributed by atoms with Gasteiger partial charge in [0.25, 0.3) is 0 Å². The van der Waals surface area contributed by atoms with Crippen LogP contribution in [0.1, 0.15) is 26.2 Å². The summed E-state index contributed by atoms with van der Waals surface area (Å²) in [4.78, 5) is 10.5. The van der Waals surface area contributed by atoms with E-state index < -0.39 is 21.3 Å². The van der Waals surface area contributed by atoms with Gasteiger partial charge in [-0.1, -0.05) is 13.3 Å². The number of hydrogen-bond acceptors (Lipinski definition) is 4. The van der Waals surface area contributed by atoms with Crippen LogP contribution in [0.5, 0.6) is 0 Å². The van der Waals surface area contributed by atoms with Crippen LogP contribution in [0, 0.1) is 0 Å². The van der Waals surface area contributed by atoms with Gasteiger partial charge in [0.1, 0.15) is 5.25 Å². The van der Waals surface area contributed by atoms with Crippen molar-refractivity contribution in [2.24, 2.45) is 0 Å². The first-order valence-corrected chi connectivity index (χ1v) is 4.99. The van der Waals surface area contributed by atoms with Gasteiger partial charge in [-0.3, -0.25) is 4.79 Å². The fourth-order valence-electron chi connectivity index (χ4n) is 1.09. The van der Waals surface area contributed by atoms with Crippen LogP contribution in [0.2, 0.25) is 0 Å². The van der Waals surface area contributed by atoms with Gasteiger partial charge in [0, 0.05) is 0 Å². The Morgan fingerprint density at radius 1 is 1.64 bits per heavy atom. The third-order valence-electron chi connectivity index (χ3n) is 1.62. The standard InChI is InChI=1S/C6H10O4S/c1-2-3-5-4-6(7)10-11(5,8)9/h5H,2-4H2,1H3. The largest absolute Gasteiger partial charge is 0.345 e. The summed E-state index contributed by atoms with van der Waals surface area (Å²) in [7, 11) is -3.55. The van der Waals surface area contributed by atoms with Crippen molar-refractivity contribution >= 4 is 16.1 Å². The van der Waals surface area contributed by atoms with Crippen molar-refractivity contribution in [1.82, 2.24) is 0 Å². The monoisotopic (exact) mass is 178 g/mol. The zero-order chi connectivity index (χ0) is 8.48. The van der Waals surface area contributed by atoms with Gasteiger partial charge in [0.05, 0.1) is 6.42 Å². The third kappa shape index (κ3) is 1.71. The molecule has 0 bridgehead atoms. The maximum Gasteiger partial charge on any atom is 0.323 e. The first kappa shape index (κ1) is 8.52. The fourth-order valence-corrected chi connectivity index (χ4v) is 2.42. The van der Waals surface area contributed by atoms with E-state index in [0.717, 1.165) is 6.42 Å². The van der Waals surface area contributed by atoms with E-state index in [1.807, 2.05) is 6.92 Å². The molecule has 0 radical (unpaired) electrons. The van der Waals surface area contributed by atoms with Crippen molar-refractivity contribution in [2.45, 2.75) is 31.4 Å². The second kappa shape index (κ2) is 2.81. The molecule has 1 heterocycles. The SMILES string of the molecule is CCCC1CC(=O)OS1(=O)=O. The Kier molecular flexibility index (Phi) is 2.17. The molecular weight excluding hydrogens is 168 g/mol. The Bertz CT molecular complexity index is 254. The van der Waals surface area contributed by atoms with E-state index in [0.29, 0.717) is 6.42 Å². The van der Waals surface area contributed by atoms with Crippen LogP contribution < -0.4 is 0 Å². The summed E-state index contributed by atoms with van der Waals surface area (Å²) in [5, 5.41) is -0.597. The Morgan fingerprint density at radius 2 is 2.27 bits per heavy atom. The van der Waals surface area contributed by atoms with E-state index in [-0.39, 0.29) is 6.42 Å². The van der Waals surface area contributed by atoms with Gasteiger partial charge in [-0.2, -0.15) is 8.42 Å². The zero-order valence-electron chi connectivity index (χ0n) is 6.24. The van der Waals surface area contributed by atoms with Crippen LogP contribution in [-0.4, -0.2) is 19.6 Å². The van der Waals surface area contributed by atoms with Gasteiger partial charge < -0.3 is 4.18 Å². The molecule has 0 saturated carbocycles. The molecule has 5 heteroatoms. The molecule has 1 fully saturated rings. The van der Waals surface area contributed by atoms with E-state index >= 15 is 0 Å². The molecular formula is C6H10O4S. The normalized spacial score (nSPS) is 28.5. The lowest BCUT2D eigenvalue weighted by atomic mass is 10.2. The third-order valence-corrected chi connectivity index (χ3v) is 3.26. The molecule has 11 heavy (non-hydrogen) atoms. The lowest BCUT2D eigenvalue weighted by Crippen LogP contribution is -2.13. The average molecular weight is 178 g/mol. The van der Waals surface area contributed by atoms with E-state index in [9.17, 15) is 13.2 Å². The van der Waals surface area contributed by atoms with Crippen molar-refractivity contribution in [1.29, 1.82) is 0 Å². The summed E-state index contributed by atoms with van der Waals surface area (Å²) in [6.07, 6.45) is 1.28. The molecule has 0 aromatic carbocycles. The molecule has 0 aliphatic carbocycles. The number of hydrogen-bond donors (Lipinski definition) is 0. The van der Waals surface area contributed by atoms with Crippen molar-refractivity contribution in [2.75, 3.05) is 0 Å². The second-order valence-corrected chi connectivity index (χ2v) is 4.38. The smallest absolute Gasteiger partial charge is 0.323 e. The Morgan fingerprint density at radius 3 is 2.64 bits per heavy atom. The maximum absolute atomic E-state index is 10.9. The van der Waals surface area contributed by atoms with Gasteiger partial charge in [0.2, 0.25) is 0 Å². The molecule has 1 aliphatic rings. The first-order chi connectivity index (χ1) is 5.06. The number of carbonyl (C=O) groups excluding carboxylic acids is 1. The highest BCUT2D eigenvalue weighted by molar-refractivity contribution is 7.88. The molecule has 0 spiro atoms. The van der Waals surface area contributed by atoms with Crippen molar-refractivity contribution in [3.63, 3.8) is 0 Å². The van der Waals surface area contributed by atoms with E-state index in [1.54, 1.807) is 0 Å². The molecule has 0 aromatic heterocycles. The first-order valence-electron chi connectivity index (χ1n) is 3.52. The average Bonchev–Trinajstić information content (AvgIpc) is 2.07. The van der Waals surface area contributed by atoms with Crippen LogP contribution in [-0.2, 0) is 19.1 Å². The lowest BCUT2D eigenvalue weighted by molar-refractivity contribution is -0.132. The van der Waals surface area contributed by atoms with Crippen LogP contribution in [0.25, 0.3) is 0 Å². The van der Waals surface area contributed by atoms with Crippen LogP contribution >= 0.6 is 0 Å². The second-order valence-electron chi connectivity index (χ2n) is 2.56. The van der Waals surface area contributed by atoms with Gasteiger partial charge >= 0.3 is 16.1 Å². The van der Waals surface area contributed by atoms with E-state index in [2.05, 4.69) is 4.18 Å². The number of rotatable bonds is 2. The van der Waals surface area contributed by atoms with Crippen molar-refractivity contribution < 1.29 is 17.4 Å². The summed E-state index contributed by atoms with van der Waals surface area (Å²) in [6.45, 7) is 1.87. The highest BCUT2D eigenvalue weighted by Gasteiger charge is 2.38. The molecule has 64 valence electrons. The minimum absolute atomic E-state index is 0.0240. The summed E-state index contributed by atoms with van der Waals surface area (Å²) < 4.78 is 26.0. The van der Waals surface area contributed by atoms with E-state index in [4.69, 9.17) is 0 Å². The minimum Gasteiger partial charge on any atom is -0.345 e. The molecule has 1 atom stereocenters. The Balaban J connectivity index is 2.74. The Labute approximate surface area is 65.7 Å². The predicted octanol–water partition coefficient (Wildman–Crippen LogP) is 0.432. The molecule has 4 nitrogen and oxygen atoms in total.